The van der Waals surface area contributed by atoms with E-state index in [1.807, 2.05) is 35.2 Å². The molecule has 0 spiro atoms. The summed E-state index contributed by atoms with van der Waals surface area (Å²) in [4.78, 5) is 20.3. The van der Waals surface area contributed by atoms with Crippen LogP contribution in [0.2, 0.25) is 0 Å². The average molecular weight is 422 g/mol. The number of fused-ring (bicyclic) bond motifs is 1. The van der Waals surface area contributed by atoms with Crippen LogP contribution in [-0.4, -0.2) is 43.6 Å². The normalized spacial score (nSPS) is 17.8. The Labute approximate surface area is 181 Å². The van der Waals surface area contributed by atoms with Crippen molar-refractivity contribution in [3.8, 4) is 0 Å². The van der Waals surface area contributed by atoms with Crippen LogP contribution in [0.4, 0.5) is 0 Å². The lowest BCUT2D eigenvalue weighted by atomic mass is 9.94. The molecule has 1 saturated heterocycles. The van der Waals surface area contributed by atoms with E-state index in [4.69, 9.17) is 17.2 Å². The zero-order chi connectivity index (χ0) is 20.8. The monoisotopic (exact) mass is 421 g/mol. The Hall–Kier alpha value is -2.54. The Morgan fingerprint density at radius 3 is 2.57 bits per heavy atom. The Bertz CT molecular complexity index is 1150. The van der Waals surface area contributed by atoms with E-state index in [-0.39, 0.29) is 11.9 Å². The molecule has 2 fully saturated rings. The second kappa shape index (κ2) is 7.61. The van der Waals surface area contributed by atoms with Crippen molar-refractivity contribution in [2.45, 2.75) is 57.4 Å². The zero-order valence-electron chi connectivity index (χ0n) is 17.5. The molecule has 1 aliphatic carbocycles. The molecule has 0 atom stereocenters. The molecule has 3 aromatic rings. The first-order valence-electron chi connectivity index (χ1n) is 10.9. The van der Waals surface area contributed by atoms with E-state index in [1.54, 1.807) is 0 Å². The molecule has 3 heterocycles. The van der Waals surface area contributed by atoms with Gasteiger partial charge in [0.1, 0.15) is 5.82 Å². The maximum absolute atomic E-state index is 13.5. The fraction of sp³-hybridized carbons (Fsp3) is 0.478. The summed E-state index contributed by atoms with van der Waals surface area (Å²) in [6.07, 6.45) is 4.15. The topological polar surface area (TPSA) is 66.8 Å². The summed E-state index contributed by atoms with van der Waals surface area (Å²) >= 11 is 5.40. The van der Waals surface area contributed by atoms with Gasteiger partial charge in [0.05, 0.1) is 11.1 Å². The Kier molecular flexibility index (Phi) is 4.93. The molecule has 1 aliphatic heterocycles. The minimum absolute atomic E-state index is 0.122. The third kappa shape index (κ3) is 3.45. The maximum atomic E-state index is 13.5. The van der Waals surface area contributed by atoms with E-state index in [9.17, 15) is 4.79 Å². The fourth-order valence-electron chi connectivity index (χ4n) is 4.58. The molecule has 0 radical (unpaired) electrons. The van der Waals surface area contributed by atoms with Gasteiger partial charge in [0.2, 0.25) is 0 Å². The molecule has 7 heteroatoms. The predicted octanol–water partition coefficient (Wildman–Crippen LogP) is 4.97. The van der Waals surface area contributed by atoms with E-state index in [2.05, 4.69) is 28.6 Å². The van der Waals surface area contributed by atoms with Crippen LogP contribution in [-0.2, 0) is 0 Å². The second-order valence-electron chi connectivity index (χ2n) is 8.80. The van der Waals surface area contributed by atoms with Gasteiger partial charge in [0.15, 0.2) is 4.77 Å². The molecule has 2 aromatic heterocycles. The minimum Gasteiger partial charge on any atom is -0.339 e. The molecular formula is C23H27N5OS. The molecule has 1 amide bonds. The fourth-order valence-corrected chi connectivity index (χ4v) is 4.93. The molecule has 156 valence electrons. The van der Waals surface area contributed by atoms with Gasteiger partial charge in [-0.1, -0.05) is 18.2 Å². The quantitative estimate of drug-likeness (QED) is 0.604. The number of aromatic amines is 1. The van der Waals surface area contributed by atoms with Crippen LogP contribution in [0.1, 0.15) is 79.3 Å². The standard InChI is InChI=1S/C23H27N5OS/c1-14(2)28-21(25-26-23(28)30)16-9-11-27(12-10-16)22(29)18-13-20(15-7-8-15)24-19-6-4-3-5-17(18)19/h3-6,13-16H,7-12H2,1-2H3,(H,26,30). The summed E-state index contributed by atoms with van der Waals surface area (Å²) in [5.74, 6) is 1.98. The largest absolute Gasteiger partial charge is 0.339 e. The maximum Gasteiger partial charge on any atom is 0.254 e. The zero-order valence-corrected chi connectivity index (χ0v) is 18.3. The van der Waals surface area contributed by atoms with Crippen LogP contribution in [0, 0.1) is 4.77 Å². The van der Waals surface area contributed by atoms with Crippen LogP contribution >= 0.6 is 12.2 Å². The molecule has 1 saturated carbocycles. The lowest BCUT2D eigenvalue weighted by Gasteiger charge is -2.32. The van der Waals surface area contributed by atoms with Gasteiger partial charge >= 0.3 is 0 Å². The van der Waals surface area contributed by atoms with E-state index in [0.29, 0.717) is 16.6 Å². The molecule has 0 unspecified atom stereocenters. The van der Waals surface area contributed by atoms with Gasteiger partial charge in [-0.15, -0.1) is 0 Å². The predicted molar refractivity (Wildman–Crippen MR) is 119 cm³/mol. The highest BCUT2D eigenvalue weighted by Gasteiger charge is 2.31. The van der Waals surface area contributed by atoms with Crippen molar-refractivity contribution in [3.05, 3.63) is 52.2 Å². The highest BCUT2D eigenvalue weighted by Crippen LogP contribution is 2.40. The van der Waals surface area contributed by atoms with Gasteiger partial charge in [-0.3, -0.25) is 14.9 Å². The number of rotatable bonds is 4. The number of H-pyrrole nitrogens is 1. The smallest absolute Gasteiger partial charge is 0.254 e. The van der Waals surface area contributed by atoms with Crippen molar-refractivity contribution in [2.24, 2.45) is 0 Å². The lowest BCUT2D eigenvalue weighted by molar-refractivity contribution is 0.0711. The van der Waals surface area contributed by atoms with Crippen molar-refractivity contribution in [2.75, 3.05) is 13.1 Å². The van der Waals surface area contributed by atoms with Crippen LogP contribution in [0.15, 0.2) is 30.3 Å². The van der Waals surface area contributed by atoms with E-state index in [0.717, 1.165) is 53.9 Å². The van der Waals surface area contributed by atoms with Crippen LogP contribution < -0.4 is 0 Å². The molecule has 2 aliphatic rings. The number of amides is 1. The average Bonchev–Trinajstić information content (AvgIpc) is 3.54. The number of nitrogens with one attached hydrogen (secondary N) is 1. The Balaban J connectivity index is 1.38. The highest BCUT2D eigenvalue weighted by molar-refractivity contribution is 7.71. The first kappa shape index (κ1) is 19.4. The first-order valence-corrected chi connectivity index (χ1v) is 11.3. The number of pyridine rings is 1. The van der Waals surface area contributed by atoms with Gasteiger partial charge in [-0.25, -0.2) is 0 Å². The minimum atomic E-state index is 0.122. The summed E-state index contributed by atoms with van der Waals surface area (Å²) in [6, 6.07) is 10.3. The first-order chi connectivity index (χ1) is 14.5. The molecule has 6 nitrogen and oxygen atoms in total. The SMILES string of the molecule is CC(C)n1c(C2CCN(C(=O)c3cc(C4CC4)nc4ccccc34)CC2)n[nH]c1=S. The number of carbonyl (C=O) groups is 1. The third-order valence-electron chi connectivity index (χ3n) is 6.36. The molecular weight excluding hydrogens is 394 g/mol. The summed E-state index contributed by atoms with van der Waals surface area (Å²) in [6.45, 7) is 5.71. The van der Waals surface area contributed by atoms with Crippen molar-refractivity contribution < 1.29 is 4.79 Å². The number of carbonyl (C=O) groups excluding carboxylic acids is 1. The number of benzene rings is 1. The van der Waals surface area contributed by atoms with Gasteiger partial charge in [-0.05, 0) is 63.9 Å². The van der Waals surface area contributed by atoms with Crippen molar-refractivity contribution >= 4 is 29.0 Å². The second-order valence-corrected chi connectivity index (χ2v) is 9.19. The van der Waals surface area contributed by atoms with Crippen molar-refractivity contribution in [1.29, 1.82) is 0 Å². The van der Waals surface area contributed by atoms with Crippen LogP contribution in [0.25, 0.3) is 10.9 Å². The van der Waals surface area contributed by atoms with Gasteiger partial charge < -0.3 is 9.47 Å². The molecule has 5 rings (SSSR count). The number of nitrogens with zero attached hydrogens (tertiary/aromatic N) is 4. The number of aromatic nitrogens is 4. The summed E-state index contributed by atoms with van der Waals surface area (Å²) < 4.78 is 2.78. The van der Waals surface area contributed by atoms with Crippen LogP contribution in [0.3, 0.4) is 0 Å². The third-order valence-corrected chi connectivity index (χ3v) is 6.65. The number of para-hydroxylation sites is 1. The van der Waals surface area contributed by atoms with E-state index >= 15 is 0 Å². The number of hydrogen-bond acceptors (Lipinski definition) is 4. The van der Waals surface area contributed by atoms with Crippen molar-refractivity contribution in [1.82, 2.24) is 24.6 Å². The van der Waals surface area contributed by atoms with Gasteiger partial charge in [0, 0.05) is 42.0 Å². The number of hydrogen-bond donors (Lipinski definition) is 1. The number of likely N-dealkylation sites (tertiary alicyclic amines) is 1. The molecule has 30 heavy (non-hydrogen) atoms. The van der Waals surface area contributed by atoms with E-state index in [1.165, 1.54) is 12.8 Å². The van der Waals surface area contributed by atoms with Gasteiger partial charge in [0.25, 0.3) is 5.91 Å². The molecule has 1 N–H and O–H groups in total. The summed E-state index contributed by atoms with van der Waals surface area (Å²) in [7, 11) is 0. The lowest BCUT2D eigenvalue weighted by Crippen LogP contribution is -2.38. The summed E-state index contributed by atoms with van der Waals surface area (Å²) in [5, 5.41) is 8.40. The summed E-state index contributed by atoms with van der Waals surface area (Å²) in [5.41, 5.74) is 2.79. The van der Waals surface area contributed by atoms with Gasteiger partial charge in [-0.2, -0.15) is 5.10 Å². The van der Waals surface area contributed by atoms with Crippen molar-refractivity contribution in [3.63, 3.8) is 0 Å². The Morgan fingerprint density at radius 2 is 1.87 bits per heavy atom. The van der Waals surface area contributed by atoms with E-state index < -0.39 is 0 Å². The highest BCUT2D eigenvalue weighted by atomic mass is 32.1. The number of piperidine rings is 1. The molecule has 1 aromatic carbocycles. The Morgan fingerprint density at radius 1 is 1.13 bits per heavy atom. The molecule has 0 bridgehead atoms. The van der Waals surface area contributed by atoms with Crippen LogP contribution in [0.5, 0.6) is 0 Å².